The fourth-order valence-corrected chi connectivity index (χ4v) is 9.74. The van der Waals surface area contributed by atoms with Crippen molar-refractivity contribution in [2.75, 3.05) is 39.5 Å². The van der Waals surface area contributed by atoms with Gasteiger partial charge in [0.25, 0.3) is 0 Å². The summed E-state index contributed by atoms with van der Waals surface area (Å²) in [6.07, 6.45) is 2.99. The SMILES string of the molecule is CCO[Si](C)(C)CCCNC(=O)N(CCC[Si](C)(C)OCC)CCC[Si](C)(C)OCC. The van der Waals surface area contributed by atoms with Crippen LogP contribution in [0.4, 0.5) is 4.79 Å². The smallest absolute Gasteiger partial charge is 0.317 e. The van der Waals surface area contributed by atoms with Crippen molar-refractivity contribution < 1.29 is 18.1 Å². The van der Waals surface area contributed by atoms with Gasteiger partial charge in [-0.05, 0) is 97.4 Å². The molecule has 31 heavy (non-hydrogen) atoms. The molecule has 0 aromatic carbocycles. The van der Waals surface area contributed by atoms with Gasteiger partial charge in [-0.2, -0.15) is 0 Å². The average molecular weight is 493 g/mol. The summed E-state index contributed by atoms with van der Waals surface area (Å²) in [5.74, 6) is 0. The molecule has 0 saturated carbocycles. The monoisotopic (exact) mass is 492 g/mol. The normalized spacial score (nSPS) is 12.8. The summed E-state index contributed by atoms with van der Waals surface area (Å²) in [5.41, 5.74) is 0. The lowest BCUT2D eigenvalue weighted by molar-refractivity contribution is 0.197. The van der Waals surface area contributed by atoms with Crippen LogP contribution in [0.25, 0.3) is 0 Å². The Morgan fingerprint density at radius 1 is 0.677 bits per heavy atom. The molecule has 0 spiro atoms. The van der Waals surface area contributed by atoms with E-state index in [-0.39, 0.29) is 6.03 Å². The van der Waals surface area contributed by atoms with Gasteiger partial charge < -0.3 is 23.5 Å². The fourth-order valence-electron chi connectivity index (χ4n) is 3.92. The highest BCUT2D eigenvalue weighted by molar-refractivity contribution is 6.71. The van der Waals surface area contributed by atoms with E-state index in [0.717, 1.165) is 76.8 Å². The van der Waals surface area contributed by atoms with Gasteiger partial charge in [-0.1, -0.05) is 0 Å². The predicted octanol–water partition coefficient (Wildman–Crippen LogP) is 5.89. The second kappa shape index (κ2) is 15.6. The minimum Gasteiger partial charge on any atom is -0.418 e. The van der Waals surface area contributed by atoms with Crippen molar-refractivity contribution in [3.63, 3.8) is 0 Å². The quantitative estimate of drug-likeness (QED) is 0.191. The van der Waals surface area contributed by atoms with E-state index in [2.05, 4.69) is 65.4 Å². The number of amides is 2. The zero-order valence-corrected chi connectivity index (χ0v) is 25.1. The van der Waals surface area contributed by atoms with Gasteiger partial charge in [0.15, 0.2) is 25.0 Å². The molecule has 0 bridgehead atoms. The van der Waals surface area contributed by atoms with Crippen LogP contribution in [0.5, 0.6) is 0 Å². The van der Waals surface area contributed by atoms with Gasteiger partial charge in [-0.15, -0.1) is 0 Å². The Kier molecular flexibility index (Phi) is 15.5. The van der Waals surface area contributed by atoms with Crippen LogP contribution in [0, 0.1) is 0 Å². The maximum absolute atomic E-state index is 12.9. The van der Waals surface area contributed by atoms with E-state index < -0.39 is 25.0 Å². The van der Waals surface area contributed by atoms with Crippen molar-refractivity contribution in [3.8, 4) is 0 Å². The Balaban J connectivity index is 4.67. The highest BCUT2D eigenvalue weighted by atomic mass is 28.4. The van der Waals surface area contributed by atoms with Crippen LogP contribution >= 0.6 is 0 Å². The van der Waals surface area contributed by atoms with E-state index in [1.165, 1.54) is 0 Å². The second-order valence-electron chi connectivity index (χ2n) is 10.1. The number of rotatable bonds is 18. The number of carbonyl (C=O) groups excluding carboxylic acids is 1. The lowest BCUT2D eigenvalue weighted by Gasteiger charge is -2.28. The van der Waals surface area contributed by atoms with Crippen LogP contribution in [-0.4, -0.2) is 75.3 Å². The molecule has 0 aliphatic rings. The van der Waals surface area contributed by atoms with Gasteiger partial charge in [0.1, 0.15) is 0 Å². The molecule has 186 valence electrons. The van der Waals surface area contributed by atoms with Crippen LogP contribution in [0.15, 0.2) is 0 Å². The molecule has 0 aliphatic heterocycles. The van der Waals surface area contributed by atoms with E-state index in [1.54, 1.807) is 0 Å². The first-order chi connectivity index (χ1) is 14.4. The molecule has 0 rings (SSSR count). The van der Waals surface area contributed by atoms with Crippen LogP contribution in [-0.2, 0) is 13.3 Å². The topological polar surface area (TPSA) is 60.0 Å². The molecular weight excluding hydrogens is 441 g/mol. The maximum Gasteiger partial charge on any atom is 0.317 e. The summed E-state index contributed by atoms with van der Waals surface area (Å²) >= 11 is 0. The molecular formula is C22H52N2O4Si3. The molecule has 0 radical (unpaired) electrons. The fraction of sp³-hybridized carbons (Fsp3) is 0.955. The number of nitrogens with one attached hydrogen (secondary N) is 1. The number of hydrogen-bond acceptors (Lipinski definition) is 4. The highest BCUT2D eigenvalue weighted by Crippen LogP contribution is 2.17. The number of nitrogens with zero attached hydrogens (tertiary/aromatic N) is 1. The van der Waals surface area contributed by atoms with Gasteiger partial charge in [-0.3, -0.25) is 0 Å². The largest absolute Gasteiger partial charge is 0.418 e. The average Bonchev–Trinajstić information content (AvgIpc) is 2.63. The third kappa shape index (κ3) is 16.1. The summed E-state index contributed by atoms with van der Waals surface area (Å²) in [4.78, 5) is 14.9. The molecule has 0 saturated heterocycles. The molecule has 2 amide bonds. The first-order valence-corrected chi connectivity index (χ1v) is 21.7. The zero-order valence-electron chi connectivity index (χ0n) is 22.1. The first-order valence-electron chi connectivity index (χ1n) is 12.3. The van der Waals surface area contributed by atoms with Gasteiger partial charge >= 0.3 is 6.03 Å². The Labute approximate surface area is 196 Å². The summed E-state index contributed by atoms with van der Waals surface area (Å²) in [6, 6.07) is 3.31. The number of hydrogen-bond donors (Lipinski definition) is 1. The number of urea groups is 1. The van der Waals surface area contributed by atoms with Crippen LogP contribution in [0.3, 0.4) is 0 Å². The van der Waals surface area contributed by atoms with Crippen LogP contribution in [0.1, 0.15) is 40.0 Å². The Morgan fingerprint density at radius 3 is 1.39 bits per heavy atom. The third-order valence-corrected chi connectivity index (χ3v) is 13.4. The Bertz CT molecular complexity index is 467. The van der Waals surface area contributed by atoms with Gasteiger partial charge in [0, 0.05) is 39.5 Å². The molecule has 1 N–H and O–H groups in total. The second-order valence-corrected chi connectivity index (χ2v) is 23.0. The lowest BCUT2D eigenvalue weighted by atomic mass is 10.3. The lowest BCUT2D eigenvalue weighted by Crippen LogP contribution is -2.43. The van der Waals surface area contributed by atoms with Crippen molar-refractivity contribution in [3.05, 3.63) is 0 Å². The summed E-state index contributed by atoms with van der Waals surface area (Å²) in [7, 11) is -4.82. The van der Waals surface area contributed by atoms with Gasteiger partial charge in [0.2, 0.25) is 0 Å². The molecule has 0 heterocycles. The molecule has 0 aromatic rings. The van der Waals surface area contributed by atoms with Crippen molar-refractivity contribution in [2.24, 2.45) is 0 Å². The van der Waals surface area contributed by atoms with E-state index in [0.29, 0.717) is 0 Å². The third-order valence-electron chi connectivity index (χ3n) is 5.54. The zero-order chi connectivity index (χ0) is 24.0. The van der Waals surface area contributed by atoms with E-state index in [1.807, 2.05) is 4.90 Å². The molecule has 6 nitrogen and oxygen atoms in total. The molecule has 0 unspecified atom stereocenters. The van der Waals surface area contributed by atoms with Crippen molar-refractivity contribution >= 4 is 31.0 Å². The standard InChI is InChI=1S/C22H52N2O4Si3/c1-10-26-29(4,5)19-13-16-23-22(25)24(17-14-20-30(6,7)27-11-2)18-15-21-31(8,9)28-12-3/h10-21H2,1-9H3,(H,23,25). The molecule has 9 heteroatoms. The summed E-state index contributed by atoms with van der Waals surface area (Å²) in [6.45, 7) is 24.4. The Hall–Kier alpha value is -0.199. The molecule has 0 atom stereocenters. The number of carbonyl (C=O) groups is 1. The first kappa shape index (κ1) is 30.8. The van der Waals surface area contributed by atoms with Crippen molar-refractivity contribution in [2.45, 2.75) is 97.4 Å². The minimum atomic E-state index is -1.62. The summed E-state index contributed by atoms with van der Waals surface area (Å²) < 4.78 is 17.8. The van der Waals surface area contributed by atoms with E-state index >= 15 is 0 Å². The van der Waals surface area contributed by atoms with Crippen molar-refractivity contribution in [1.29, 1.82) is 0 Å². The molecule has 0 fully saturated rings. The van der Waals surface area contributed by atoms with Crippen LogP contribution in [0.2, 0.25) is 57.4 Å². The predicted molar refractivity (Wildman–Crippen MR) is 141 cm³/mol. The highest BCUT2D eigenvalue weighted by Gasteiger charge is 2.25. The van der Waals surface area contributed by atoms with Gasteiger partial charge in [-0.25, -0.2) is 4.79 Å². The van der Waals surface area contributed by atoms with Crippen molar-refractivity contribution in [1.82, 2.24) is 10.2 Å². The Morgan fingerprint density at radius 2 is 1.03 bits per heavy atom. The van der Waals surface area contributed by atoms with Gasteiger partial charge in [0.05, 0.1) is 0 Å². The van der Waals surface area contributed by atoms with E-state index in [4.69, 9.17) is 13.3 Å². The minimum absolute atomic E-state index is 0.0719. The van der Waals surface area contributed by atoms with Crippen LogP contribution < -0.4 is 5.32 Å². The molecule has 0 aromatic heterocycles. The summed E-state index contributed by atoms with van der Waals surface area (Å²) in [5, 5.41) is 3.16. The maximum atomic E-state index is 12.9. The van der Waals surface area contributed by atoms with E-state index in [9.17, 15) is 4.79 Å². The molecule has 0 aliphatic carbocycles.